The van der Waals surface area contributed by atoms with Crippen LogP contribution in [-0.4, -0.2) is 23.0 Å². The molecule has 2 amide bonds. The first kappa shape index (κ1) is 16.3. The van der Waals surface area contributed by atoms with Crippen molar-refractivity contribution in [3.8, 4) is 0 Å². The average Bonchev–Trinajstić information content (AvgIpc) is 2.67. The molecule has 124 valence electrons. The summed E-state index contributed by atoms with van der Waals surface area (Å²) in [4.78, 5) is 27.5. The summed E-state index contributed by atoms with van der Waals surface area (Å²) in [6, 6.07) is 17.2. The van der Waals surface area contributed by atoms with Crippen molar-refractivity contribution in [3.63, 3.8) is 0 Å². The van der Waals surface area contributed by atoms with Gasteiger partial charge in [-0.1, -0.05) is 48.5 Å². The topological polar surface area (TPSA) is 83.5 Å². The van der Waals surface area contributed by atoms with Crippen LogP contribution in [0.2, 0.25) is 0 Å². The largest absolute Gasteiger partial charge is 0.344 e. The number of fused-ring (bicyclic) bond motifs is 1. The van der Waals surface area contributed by atoms with Crippen molar-refractivity contribution in [2.45, 2.75) is 6.54 Å². The molecule has 0 aliphatic rings. The SMILES string of the molecule is O=C(NCc1cccnc1)C(=O)N/N=C\c1cccc2ccccc12. The van der Waals surface area contributed by atoms with E-state index in [0.717, 1.165) is 21.9 Å². The molecule has 0 unspecified atom stereocenters. The first-order chi connectivity index (χ1) is 12.2. The first-order valence-corrected chi connectivity index (χ1v) is 7.72. The van der Waals surface area contributed by atoms with Gasteiger partial charge in [-0.25, -0.2) is 5.43 Å². The van der Waals surface area contributed by atoms with E-state index in [4.69, 9.17) is 0 Å². The summed E-state index contributed by atoms with van der Waals surface area (Å²) in [5.41, 5.74) is 3.90. The molecule has 2 aromatic carbocycles. The van der Waals surface area contributed by atoms with E-state index in [-0.39, 0.29) is 6.54 Å². The molecule has 0 atom stereocenters. The van der Waals surface area contributed by atoms with E-state index in [1.165, 1.54) is 6.21 Å². The minimum Gasteiger partial charge on any atom is -0.344 e. The molecule has 3 rings (SSSR count). The van der Waals surface area contributed by atoms with Crippen molar-refractivity contribution >= 4 is 28.8 Å². The van der Waals surface area contributed by atoms with Gasteiger partial charge in [-0.05, 0) is 22.4 Å². The van der Waals surface area contributed by atoms with Gasteiger partial charge < -0.3 is 5.32 Å². The van der Waals surface area contributed by atoms with Crippen LogP contribution in [0.25, 0.3) is 10.8 Å². The Hall–Kier alpha value is -3.54. The van der Waals surface area contributed by atoms with Crippen LogP contribution in [0.4, 0.5) is 0 Å². The van der Waals surface area contributed by atoms with Crippen LogP contribution < -0.4 is 10.7 Å². The van der Waals surface area contributed by atoms with E-state index in [2.05, 4.69) is 20.8 Å². The summed E-state index contributed by atoms with van der Waals surface area (Å²) in [6.45, 7) is 0.229. The molecule has 0 saturated carbocycles. The number of aromatic nitrogens is 1. The van der Waals surface area contributed by atoms with Gasteiger partial charge in [0.15, 0.2) is 0 Å². The highest BCUT2D eigenvalue weighted by atomic mass is 16.2. The number of nitrogens with one attached hydrogen (secondary N) is 2. The zero-order valence-corrected chi connectivity index (χ0v) is 13.3. The average molecular weight is 332 g/mol. The van der Waals surface area contributed by atoms with Crippen molar-refractivity contribution < 1.29 is 9.59 Å². The molecule has 0 aliphatic carbocycles. The lowest BCUT2D eigenvalue weighted by Gasteiger charge is -2.04. The zero-order valence-electron chi connectivity index (χ0n) is 13.3. The minimum atomic E-state index is -0.819. The van der Waals surface area contributed by atoms with Crippen molar-refractivity contribution in [2.75, 3.05) is 0 Å². The van der Waals surface area contributed by atoms with Crippen LogP contribution in [0.15, 0.2) is 72.1 Å². The molecule has 1 heterocycles. The van der Waals surface area contributed by atoms with Gasteiger partial charge in [-0.2, -0.15) is 5.10 Å². The Balaban J connectivity index is 1.57. The van der Waals surface area contributed by atoms with Gasteiger partial charge in [0, 0.05) is 24.5 Å². The summed E-state index contributed by atoms with van der Waals surface area (Å²) in [5.74, 6) is -1.57. The van der Waals surface area contributed by atoms with Crippen LogP contribution in [0.1, 0.15) is 11.1 Å². The lowest BCUT2D eigenvalue weighted by atomic mass is 10.1. The highest BCUT2D eigenvalue weighted by Crippen LogP contribution is 2.16. The Morgan fingerprint density at radius 3 is 2.68 bits per heavy atom. The fraction of sp³-hybridized carbons (Fsp3) is 0.0526. The summed E-state index contributed by atoms with van der Waals surface area (Å²) in [5, 5.41) is 8.48. The standard InChI is InChI=1S/C19H16N4O2/c24-18(21-12-14-5-4-10-20-11-14)19(25)23-22-13-16-8-3-7-15-6-1-2-9-17(15)16/h1-11,13H,12H2,(H,21,24)(H,23,25)/b22-13-. The van der Waals surface area contributed by atoms with E-state index < -0.39 is 11.8 Å². The molecule has 3 aromatic rings. The molecule has 6 nitrogen and oxygen atoms in total. The Morgan fingerprint density at radius 1 is 1.00 bits per heavy atom. The van der Waals surface area contributed by atoms with Gasteiger partial charge in [-0.3, -0.25) is 14.6 Å². The molecule has 2 N–H and O–H groups in total. The van der Waals surface area contributed by atoms with Crippen LogP contribution in [0.3, 0.4) is 0 Å². The summed E-state index contributed by atoms with van der Waals surface area (Å²) in [7, 11) is 0. The third kappa shape index (κ3) is 4.26. The van der Waals surface area contributed by atoms with E-state index in [1.807, 2.05) is 48.5 Å². The van der Waals surface area contributed by atoms with Crippen molar-refractivity contribution in [1.29, 1.82) is 0 Å². The molecule has 25 heavy (non-hydrogen) atoms. The van der Waals surface area contributed by atoms with E-state index in [0.29, 0.717) is 0 Å². The minimum absolute atomic E-state index is 0.229. The Kier molecular flexibility index (Phi) is 5.11. The molecule has 0 aliphatic heterocycles. The Bertz CT molecular complexity index is 918. The van der Waals surface area contributed by atoms with Gasteiger partial charge >= 0.3 is 11.8 Å². The predicted molar refractivity (Wildman–Crippen MR) is 95.8 cm³/mol. The zero-order chi connectivity index (χ0) is 17.5. The third-order valence-corrected chi connectivity index (χ3v) is 3.58. The van der Waals surface area contributed by atoms with E-state index >= 15 is 0 Å². The number of rotatable bonds is 4. The van der Waals surface area contributed by atoms with Crippen LogP contribution in [0, 0.1) is 0 Å². The molecule has 0 radical (unpaired) electrons. The number of amides is 2. The van der Waals surface area contributed by atoms with Crippen molar-refractivity contribution in [1.82, 2.24) is 15.7 Å². The van der Waals surface area contributed by atoms with Gasteiger partial charge in [0.05, 0.1) is 6.21 Å². The van der Waals surface area contributed by atoms with E-state index in [9.17, 15) is 9.59 Å². The molecular weight excluding hydrogens is 316 g/mol. The molecule has 1 aromatic heterocycles. The second kappa shape index (κ2) is 7.83. The normalized spacial score (nSPS) is 10.7. The first-order valence-electron chi connectivity index (χ1n) is 7.72. The number of hydrogen-bond acceptors (Lipinski definition) is 4. The maximum Gasteiger partial charge on any atom is 0.329 e. The molecular formula is C19H16N4O2. The van der Waals surface area contributed by atoms with Crippen LogP contribution >= 0.6 is 0 Å². The molecule has 6 heteroatoms. The van der Waals surface area contributed by atoms with Crippen molar-refractivity contribution in [2.24, 2.45) is 5.10 Å². The Morgan fingerprint density at radius 2 is 1.84 bits per heavy atom. The van der Waals surface area contributed by atoms with Gasteiger partial charge in [0.1, 0.15) is 0 Å². The number of nitrogens with zero attached hydrogens (tertiary/aromatic N) is 2. The van der Waals surface area contributed by atoms with Crippen LogP contribution in [-0.2, 0) is 16.1 Å². The summed E-state index contributed by atoms with van der Waals surface area (Å²) in [6.07, 6.45) is 4.78. The molecule has 0 fully saturated rings. The van der Waals surface area contributed by atoms with E-state index in [1.54, 1.807) is 18.5 Å². The summed E-state index contributed by atoms with van der Waals surface area (Å²) < 4.78 is 0. The lowest BCUT2D eigenvalue weighted by molar-refractivity contribution is -0.139. The monoisotopic (exact) mass is 332 g/mol. The second-order valence-electron chi connectivity index (χ2n) is 5.31. The number of benzene rings is 2. The second-order valence-corrected chi connectivity index (χ2v) is 5.31. The molecule has 0 spiro atoms. The van der Waals surface area contributed by atoms with Gasteiger partial charge in [-0.15, -0.1) is 0 Å². The highest BCUT2D eigenvalue weighted by Gasteiger charge is 2.11. The lowest BCUT2D eigenvalue weighted by Crippen LogP contribution is -2.37. The fourth-order valence-electron chi connectivity index (χ4n) is 2.34. The maximum atomic E-state index is 11.8. The van der Waals surface area contributed by atoms with Gasteiger partial charge in [0.25, 0.3) is 0 Å². The number of hydrogen-bond donors (Lipinski definition) is 2. The number of carbonyl (C=O) groups is 2. The summed E-state index contributed by atoms with van der Waals surface area (Å²) >= 11 is 0. The molecule has 0 saturated heterocycles. The smallest absolute Gasteiger partial charge is 0.329 e. The van der Waals surface area contributed by atoms with Crippen LogP contribution in [0.5, 0.6) is 0 Å². The Labute approximate surface area is 144 Å². The van der Waals surface area contributed by atoms with Gasteiger partial charge in [0.2, 0.25) is 0 Å². The predicted octanol–water partition coefficient (Wildman–Crippen LogP) is 2.00. The fourth-order valence-corrected chi connectivity index (χ4v) is 2.34. The maximum absolute atomic E-state index is 11.8. The number of carbonyl (C=O) groups excluding carboxylic acids is 2. The number of hydrazone groups is 1. The third-order valence-electron chi connectivity index (χ3n) is 3.58. The van der Waals surface area contributed by atoms with Crippen molar-refractivity contribution in [3.05, 3.63) is 78.1 Å². The molecule has 0 bridgehead atoms. The highest BCUT2D eigenvalue weighted by molar-refractivity contribution is 6.35. The number of pyridine rings is 1. The quantitative estimate of drug-likeness (QED) is 0.435.